The van der Waals surface area contributed by atoms with Crippen molar-refractivity contribution in [2.45, 2.75) is 19.7 Å². The third-order valence-electron chi connectivity index (χ3n) is 2.02. The van der Waals surface area contributed by atoms with Crippen LogP contribution in [0.1, 0.15) is 27.8 Å². The minimum absolute atomic E-state index is 0.313. The normalized spacial score (nSPS) is 8.81. The first-order valence-electron chi connectivity index (χ1n) is 6.17. The molecule has 2 heterocycles. The van der Waals surface area contributed by atoms with Crippen LogP contribution in [-0.4, -0.2) is 31.7 Å². The lowest BCUT2D eigenvalue weighted by atomic mass is 10.4. The largest absolute Gasteiger partial charge is 0.467 e. The zero-order valence-corrected chi connectivity index (χ0v) is 13.4. The maximum absolute atomic E-state index is 10.00. The highest BCUT2D eigenvalue weighted by Gasteiger charge is 1.96. The van der Waals surface area contributed by atoms with E-state index in [1.54, 1.807) is 26.2 Å². The van der Waals surface area contributed by atoms with Gasteiger partial charge in [0.25, 0.3) is 0 Å². The molecule has 2 aromatic heterocycles. The van der Waals surface area contributed by atoms with Crippen LogP contribution in [0, 0.1) is 13.8 Å². The summed E-state index contributed by atoms with van der Waals surface area (Å²) in [5.41, 5.74) is 0. The summed E-state index contributed by atoms with van der Waals surface area (Å²) in [6, 6.07) is 7.17. The van der Waals surface area contributed by atoms with E-state index in [-0.39, 0.29) is 0 Å². The zero-order valence-electron chi connectivity index (χ0n) is 12.6. The van der Waals surface area contributed by atoms with Crippen LogP contribution in [0.25, 0.3) is 0 Å². The molecule has 0 atom stereocenters. The fraction of sp³-hybridized carbons (Fsp3) is 0.333. The van der Waals surface area contributed by atoms with E-state index < -0.39 is 0 Å². The van der Waals surface area contributed by atoms with E-state index in [0.29, 0.717) is 23.7 Å². The van der Waals surface area contributed by atoms with E-state index in [2.05, 4.69) is 0 Å². The van der Waals surface area contributed by atoms with Gasteiger partial charge in [0.1, 0.15) is 17.3 Å². The fourth-order valence-electron chi connectivity index (χ4n) is 1.09. The SMILES string of the molecule is CN(C)C=O.Cc1ccc(C)o1.O=Cc1ccc(CCl)o1. The first-order chi connectivity index (χ1) is 9.92. The molecule has 0 N–H and O–H groups in total. The summed E-state index contributed by atoms with van der Waals surface area (Å²) in [7, 11) is 3.38. The highest BCUT2D eigenvalue weighted by Crippen LogP contribution is 2.07. The Bertz CT molecular complexity index is 515. The molecule has 0 saturated carbocycles. The summed E-state index contributed by atoms with van der Waals surface area (Å²) in [4.78, 5) is 20.9. The maximum atomic E-state index is 10.00. The zero-order chi connectivity index (χ0) is 16.3. The molecule has 6 heteroatoms. The van der Waals surface area contributed by atoms with Crippen LogP contribution in [0.3, 0.4) is 0 Å². The first kappa shape index (κ1) is 19.0. The van der Waals surface area contributed by atoms with Crippen molar-refractivity contribution in [3.8, 4) is 0 Å². The van der Waals surface area contributed by atoms with Gasteiger partial charge < -0.3 is 13.7 Å². The Hall–Kier alpha value is -2.01. The Labute approximate surface area is 129 Å². The number of furan rings is 2. The minimum atomic E-state index is 0.313. The Kier molecular flexibility index (Phi) is 9.71. The van der Waals surface area contributed by atoms with Crippen molar-refractivity contribution in [3.63, 3.8) is 0 Å². The van der Waals surface area contributed by atoms with Crippen LogP contribution in [0.15, 0.2) is 33.1 Å². The van der Waals surface area contributed by atoms with Gasteiger partial charge in [-0.25, -0.2) is 0 Å². The van der Waals surface area contributed by atoms with Crippen molar-refractivity contribution in [3.05, 3.63) is 47.3 Å². The molecule has 2 aromatic rings. The Morgan fingerprint density at radius 2 is 1.57 bits per heavy atom. The lowest BCUT2D eigenvalue weighted by molar-refractivity contribution is -0.115. The third-order valence-corrected chi connectivity index (χ3v) is 2.28. The molecule has 0 aromatic carbocycles. The van der Waals surface area contributed by atoms with Crippen LogP contribution in [-0.2, 0) is 10.7 Å². The topological polar surface area (TPSA) is 63.7 Å². The molecule has 0 saturated heterocycles. The van der Waals surface area contributed by atoms with Gasteiger partial charge in [0.2, 0.25) is 6.41 Å². The first-order valence-corrected chi connectivity index (χ1v) is 6.71. The molecule has 0 fully saturated rings. The molecule has 0 spiro atoms. The molecule has 0 radical (unpaired) electrons. The van der Waals surface area contributed by atoms with Crippen molar-refractivity contribution >= 4 is 24.3 Å². The summed E-state index contributed by atoms with van der Waals surface area (Å²) in [6.45, 7) is 3.88. The van der Waals surface area contributed by atoms with Crippen LogP contribution < -0.4 is 0 Å². The van der Waals surface area contributed by atoms with Crippen molar-refractivity contribution < 1.29 is 18.4 Å². The van der Waals surface area contributed by atoms with Crippen LogP contribution in [0.4, 0.5) is 0 Å². The van der Waals surface area contributed by atoms with E-state index in [1.165, 1.54) is 4.90 Å². The van der Waals surface area contributed by atoms with Crippen molar-refractivity contribution in [2.24, 2.45) is 0 Å². The molecular formula is C15H20ClNO4. The highest BCUT2D eigenvalue weighted by molar-refractivity contribution is 6.16. The number of amides is 1. The highest BCUT2D eigenvalue weighted by atomic mass is 35.5. The second kappa shape index (κ2) is 10.7. The molecule has 5 nitrogen and oxygen atoms in total. The molecule has 2 rings (SSSR count). The molecular weight excluding hydrogens is 294 g/mol. The van der Waals surface area contributed by atoms with Gasteiger partial charge in [0.05, 0.1) is 5.88 Å². The number of nitrogens with zero attached hydrogens (tertiary/aromatic N) is 1. The molecule has 21 heavy (non-hydrogen) atoms. The monoisotopic (exact) mass is 313 g/mol. The molecule has 1 amide bonds. The number of carbonyl (C=O) groups excluding carboxylic acids is 2. The average Bonchev–Trinajstić information content (AvgIpc) is 3.08. The molecule has 0 aliphatic rings. The van der Waals surface area contributed by atoms with Crippen molar-refractivity contribution in [1.29, 1.82) is 0 Å². The Morgan fingerprint density at radius 3 is 1.76 bits per heavy atom. The average molecular weight is 314 g/mol. The smallest absolute Gasteiger partial charge is 0.209 e. The summed E-state index contributed by atoms with van der Waals surface area (Å²) in [6.07, 6.45) is 1.40. The number of halogens is 1. The Morgan fingerprint density at radius 1 is 1.05 bits per heavy atom. The number of aldehydes is 1. The lowest BCUT2D eigenvalue weighted by Gasteiger charge is -1.93. The number of carbonyl (C=O) groups is 2. The Balaban J connectivity index is 0.000000300. The van der Waals surface area contributed by atoms with Crippen molar-refractivity contribution in [2.75, 3.05) is 14.1 Å². The summed E-state index contributed by atoms with van der Waals surface area (Å²) >= 11 is 5.39. The van der Waals surface area contributed by atoms with Gasteiger partial charge in [0.15, 0.2) is 12.0 Å². The molecule has 0 unspecified atom stereocenters. The predicted molar refractivity (Wildman–Crippen MR) is 81.6 cm³/mol. The summed E-state index contributed by atoms with van der Waals surface area (Å²) in [5.74, 6) is 3.23. The minimum Gasteiger partial charge on any atom is -0.467 e. The van der Waals surface area contributed by atoms with Crippen LogP contribution in [0.2, 0.25) is 0 Å². The second-order valence-corrected chi connectivity index (χ2v) is 4.55. The number of rotatable bonds is 3. The summed E-state index contributed by atoms with van der Waals surface area (Å²) < 4.78 is 9.97. The lowest BCUT2D eigenvalue weighted by Crippen LogP contribution is -2.06. The summed E-state index contributed by atoms with van der Waals surface area (Å²) in [5, 5.41) is 0. The molecule has 0 bridgehead atoms. The standard InChI is InChI=1S/C6H5ClO2.C6H8O.C3H7NO/c7-3-5-1-2-6(4-8)9-5;1-5-3-4-6(2)7-5;1-4(2)3-5/h1-2,4H,3H2;3-4H,1-2H3;3H,1-2H3. The maximum Gasteiger partial charge on any atom is 0.209 e. The van der Waals surface area contributed by atoms with E-state index >= 15 is 0 Å². The number of hydrogen-bond donors (Lipinski definition) is 0. The van der Waals surface area contributed by atoms with E-state index in [1.807, 2.05) is 26.0 Å². The van der Waals surface area contributed by atoms with Crippen LogP contribution in [0.5, 0.6) is 0 Å². The van der Waals surface area contributed by atoms with E-state index in [9.17, 15) is 9.59 Å². The van der Waals surface area contributed by atoms with Gasteiger partial charge >= 0.3 is 0 Å². The third kappa shape index (κ3) is 9.51. The van der Waals surface area contributed by atoms with Crippen molar-refractivity contribution in [1.82, 2.24) is 4.90 Å². The number of hydrogen-bond acceptors (Lipinski definition) is 4. The quantitative estimate of drug-likeness (QED) is 0.643. The second-order valence-electron chi connectivity index (χ2n) is 4.28. The number of alkyl halides is 1. The van der Waals surface area contributed by atoms with Gasteiger partial charge in [-0.15, -0.1) is 11.6 Å². The van der Waals surface area contributed by atoms with Gasteiger partial charge in [-0.3, -0.25) is 9.59 Å². The van der Waals surface area contributed by atoms with Gasteiger partial charge in [-0.2, -0.15) is 0 Å². The van der Waals surface area contributed by atoms with Gasteiger partial charge in [-0.1, -0.05) is 0 Å². The fourth-order valence-corrected chi connectivity index (χ4v) is 1.23. The predicted octanol–water partition coefficient (Wildman–Crippen LogP) is 3.43. The van der Waals surface area contributed by atoms with E-state index in [0.717, 1.165) is 17.9 Å². The molecule has 0 aliphatic heterocycles. The molecule has 116 valence electrons. The number of aryl methyl sites for hydroxylation is 2. The van der Waals surface area contributed by atoms with Gasteiger partial charge in [-0.05, 0) is 38.1 Å². The molecule has 0 aliphatic carbocycles. The van der Waals surface area contributed by atoms with Crippen LogP contribution >= 0.6 is 11.6 Å². The van der Waals surface area contributed by atoms with Gasteiger partial charge in [0, 0.05) is 14.1 Å². The van der Waals surface area contributed by atoms with E-state index in [4.69, 9.17) is 20.4 Å².